The molecule has 0 amide bonds. The van der Waals surface area contributed by atoms with E-state index in [1.165, 1.54) is 11.3 Å². The molecule has 120 valence electrons. The molecule has 6 heteroatoms. The summed E-state index contributed by atoms with van der Waals surface area (Å²) in [7, 11) is -0.910. The predicted octanol–water partition coefficient (Wildman–Crippen LogP) is 2.04. The van der Waals surface area contributed by atoms with Crippen LogP contribution in [-0.2, 0) is 22.7 Å². The zero-order valence-electron chi connectivity index (χ0n) is 13.5. The van der Waals surface area contributed by atoms with Gasteiger partial charge in [-0.1, -0.05) is 20.8 Å². The molecule has 5 nitrogen and oxygen atoms in total. The molecule has 1 aliphatic heterocycles. The van der Waals surface area contributed by atoms with Crippen molar-refractivity contribution in [3.8, 4) is 0 Å². The molecule has 0 radical (unpaired) electrons. The van der Waals surface area contributed by atoms with Crippen molar-refractivity contribution in [2.75, 3.05) is 18.6 Å². The zero-order valence-corrected chi connectivity index (χ0v) is 14.3. The number of rotatable bonds is 6. The van der Waals surface area contributed by atoms with Gasteiger partial charge in [-0.25, -0.2) is 8.42 Å². The van der Waals surface area contributed by atoms with Gasteiger partial charge in [-0.2, -0.15) is 5.10 Å². The quantitative estimate of drug-likeness (QED) is 0.873. The summed E-state index contributed by atoms with van der Waals surface area (Å²) >= 11 is 0. The van der Waals surface area contributed by atoms with Gasteiger partial charge in [0.1, 0.15) is 0 Å². The standard InChI is InChI=1S/C15H27N3O2S/c1-5-12(16-4)15-13(6-2)17-18(14(15)7-3)11-8-9-21(19,20)10-11/h11-12,16H,5-10H2,1-4H3. The summed E-state index contributed by atoms with van der Waals surface area (Å²) in [6.07, 6.45) is 3.46. The monoisotopic (exact) mass is 313 g/mol. The van der Waals surface area contributed by atoms with E-state index in [1.54, 1.807) is 0 Å². The molecule has 21 heavy (non-hydrogen) atoms. The van der Waals surface area contributed by atoms with Gasteiger partial charge >= 0.3 is 0 Å². The van der Waals surface area contributed by atoms with E-state index < -0.39 is 9.84 Å². The fourth-order valence-electron chi connectivity index (χ4n) is 3.37. The van der Waals surface area contributed by atoms with Crippen LogP contribution in [0.1, 0.15) is 62.6 Å². The SMILES string of the molecule is CCc1nn(C2CCS(=O)(=O)C2)c(CC)c1C(CC)NC. The minimum atomic E-state index is -2.89. The van der Waals surface area contributed by atoms with Crippen molar-refractivity contribution in [2.45, 2.75) is 58.5 Å². The van der Waals surface area contributed by atoms with Crippen LogP contribution in [0.5, 0.6) is 0 Å². The lowest BCUT2D eigenvalue weighted by atomic mass is 9.99. The molecule has 1 N–H and O–H groups in total. The van der Waals surface area contributed by atoms with Crippen molar-refractivity contribution < 1.29 is 8.42 Å². The molecule has 1 aromatic heterocycles. The maximum absolute atomic E-state index is 11.8. The molecule has 0 spiro atoms. The van der Waals surface area contributed by atoms with Gasteiger partial charge in [0.05, 0.1) is 23.2 Å². The molecule has 2 heterocycles. The summed E-state index contributed by atoms with van der Waals surface area (Å²) in [6.45, 7) is 6.41. The first-order valence-corrected chi connectivity index (χ1v) is 9.77. The Morgan fingerprint density at radius 1 is 1.33 bits per heavy atom. The van der Waals surface area contributed by atoms with Gasteiger partial charge in [0.2, 0.25) is 0 Å². The van der Waals surface area contributed by atoms with Gasteiger partial charge in [0, 0.05) is 17.3 Å². The molecule has 0 aromatic carbocycles. The third-order valence-electron chi connectivity index (χ3n) is 4.46. The van der Waals surface area contributed by atoms with Crippen LogP contribution in [0.15, 0.2) is 0 Å². The smallest absolute Gasteiger partial charge is 0.152 e. The zero-order chi connectivity index (χ0) is 15.6. The molecule has 1 saturated heterocycles. The third-order valence-corrected chi connectivity index (χ3v) is 6.21. The molecule has 1 aromatic rings. The van der Waals surface area contributed by atoms with E-state index in [9.17, 15) is 8.42 Å². The summed E-state index contributed by atoms with van der Waals surface area (Å²) in [5, 5.41) is 8.14. The third kappa shape index (κ3) is 3.16. The molecule has 0 aliphatic carbocycles. The number of aryl methyl sites for hydroxylation is 1. The van der Waals surface area contributed by atoms with Crippen molar-refractivity contribution in [1.82, 2.24) is 15.1 Å². The highest BCUT2D eigenvalue weighted by Crippen LogP contribution is 2.31. The lowest BCUT2D eigenvalue weighted by Gasteiger charge is -2.18. The number of aromatic nitrogens is 2. The molecular weight excluding hydrogens is 286 g/mol. The second kappa shape index (κ2) is 6.48. The van der Waals surface area contributed by atoms with Crippen LogP contribution in [-0.4, -0.2) is 36.8 Å². The van der Waals surface area contributed by atoms with Crippen LogP contribution >= 0.6 is 0 Å². The van der Waals surface area contributed by atoms with Crippen molar-refractivity contribution in [3.63, 3.8) is 0 Å². The summed E-state index contributed by atoms with van der Waals surface area (Å²) in [5.74, 6) is 0.529. The Hall–Kier alpha value is -0.880. The van der Waals surface area contributed by atoms with Gasteiger partial charge in [0.25, 0.3) is 0 Å². The molecule has 1 aliphatic rings. The first-order chi connectivity index (χ1) is 9.97. The summed E-state index contributed by atoms with van der Waals surface area (Å²) in [6, 6.07) is 0.306. The van der Waals surface area contributed by atoms with Gasteiger partial charge in [-0.15, -0.1) is 0 Å². The number of hydrogen-bond acceptors (Lipinski definition) is 4. The van der Waals surface area contributed by atoms with Crippen LogP contribution in [0.3, 0.4) is 0 Å². The first-order valence-electron chi connectivity index (χ1n) is 7.95. The molecule has 2 rings (SSSR count). The van der Waals surface area contributed by atoms with E-state index >= 15 is 0 Å². The highest BCUT2D eigenvalue weighted by molar-refractivity contribution is 7.91. The number of nitrogens with one attached hydrogen (secondary N) is 1. The Morgan fingerprint density at radius 2 is 2.05 bits per heavy atom. The highest BCUT2D eigenvalue weighted by Gasteiger charge is 2.33. The van der Waals surface area contributed by atoms with Crippen molar-refractivity contribution in [1.29, 1.82) is 0 Å². The minimum Gasteiger partial charge on any atom is -0.313 e. The van der Waals surface area contributed by atoms with E-state index in [0.717, 1.165) is 25.0 Å². The summed E-state index contributed by atoms with van der Waals surface area (Å²) in [5.41, 5.74) is 3.60. The van der Waals surface area contributed by atoms with Crippen molar-refractivity contribution in [3.05, 3.63) is 17.0 Å². The van der Waals surface area contributed by atoms with E-state index in [4.69, 9.17) is 5.10 Å². The second-order valence-corrected chi connectivity index (χ2v) is 7.99. The maximum Gasteiger partial charge on any atom is 0.152 e. The van der Waals surface area contributed by atoms with Crippen LogP contribution < -0.4 is 5.32 Å². The van der Waals surface area contributed by atoms with Crippen LogP contribution in [0.4, 0.5) is 0 Å². The number of sulfone groups is 1. The fraction of sp³-hybridized carbons (Fsp3) is 0.800. The number of hydrogen-bond donors (Lipinski definition) is 1. The minimum absolute atomic E-state index is 0.0124. The molecule has 0 bridgehead atoms. The maximum atomic E-state index is 11.8. The Balaban J connectivity index is 2.48. The van der Waals surface area contributed by atoms with Crippen LogP contribution in [0.2, 0.25) is 0 Å². The van der Waals surface area contributed by atoms with Gasteiger partial charge in [-0.05, 0) is 32.7 Å². The Morgan fingerprint density at radius 3 is 2.48 bits per heavy atom. The van der Waals surface area contributed by atoms with Gasteiger partial charge in [-0.3, -0.25) is 4.68 Å². The highest BCUT2D eigenvalue weighted by atomic mass is 32.2. The van der Waals surface area contributed by atoms with E-state index in [-0.39, 0.29) is 11.8 Å². The Bertz CT molecular complexity index is 588. The van der Waals surface area contributed by atoms with Crippen LogP contribution in [0.25, 0.3) is 0 Å². The van der Waals surface area contributed by atoms with E-state index in [1.807, 2.05) is 11.7 Å². The summed E-state index contributed by atoms with van der Waals surface area (Å²) < 4.78 is 25.5. The van der Waals surface area contributed by atoms with Crippen molar-refractivity contribution in [2.24, 2.45) is 0 Å². The molecule has 1 fully saturated rings. The van der Waals surface area contributed by atoms with Crippen LogP contribution in [0, 0.1) is 0 Å². The first kappa shape index (κ1) is 16.5. The Kier molecular flexibility index (Phi) is 5.09. The average Bonchev–Trinajstić information content (AvgIpc) is 3.00. The molecular formula is C15H27N3O2S. The lowest BCUT2D eigenvalue weighted by molar-refractivity contribution is 0.475. The fourth-order valence-corrected chi connectivity index (χ4v) is 5.06. The lowest BCUT2D eigenvalue weighted by Crippen LogP contribution is -2.19. The Labute approximate surface area is 128 Å². The van der Waals surface area contributed by atoms with Crippen molar-refractivity contribution >= 4 is 9.84 Å². The second-order valence-electron chi connectivity index (χ2n) is 5.77. The van der Waals surface area contributed by atoms with Gasteiger partial charge < -0.3 is 5.32 Å². The largest absolute Gasteiger partial charge is 0.313 e. The van der Waals surface area contributed by atoms with E-state index in [2.05, 4.69) is 26.1 Å². The molecule has 2 atom stereocenters. The molecule has 0 saturated carbocycles. The summed E-state index contributed by atoms with van der Waals surface area (Å²) in [4.78, 5) is 0. The van der Waals surface area contributed by atoms with Gasteiger partial charge in [0.15, 0.2) is 9.84 Å². The normalized spacial score (nSPS) is 22.6. The average molecular weight is 313 g/mol. The van der Waals surface area contributed by atoms with E-state index in [0.29, 0.717) is 18.2 Å². The molecule has 2 unspecified atom stereocenters. The number of nitrogens with zero attached hydrogens (tertiary/aromatic N) is 2. The topological polar surface area (TPSA) is 64.0 Å². The predicted molar refractivity (Wildman–Crippen MR) is 85.4 cm³/mol.